The van der Waals surface area contributed by atoms with Crippen LogP contribution in [0.15, 0.2) is 47.7 Å². The number of halogens is 6. The maximum absolute atomic E-state index is 14.8. The average Bonchev–Trinajstić information content (AvgIpc) is 3.40. The number of carbonyl (C=O) groups excluding carboxylic acids is 3. The minimum Gasteiger partial charge on any atom is -0.374 e. The lowest BCUT2D eigenvalue weighted by molar-refractivity contribution is -0.202. The fraction of sp³-hybridized carbons (Fsp3) is 0.321. The molecule has 0 spiro atoms. The third-order valence-electron chi connectivity index (χ3n) is 8.09. The molecule has 3 unspecified atom stereocenters. The van der Waals surface area contributed by atoms with Gasteiger partial charge in [-0.2, -0.15) is 13.2 Å². The van der Waals surface area contributed by atoms with Crippen molar-refractivity contribution in [1.29, 1.82) is 0 Å². The Hall–Kier alpha value is -4.13. The summed E-state index contributed by atoms with van der Waals surface area (Å²) in [7, 11) is 0. The van der Waals surface area contributed by atoms with Gasteiger partial charge in [-0.3, -0.25) is 14.5 Å². The number of amides is 4. The molecule has 3 aliphatic heterocycles. The van der Waals surface area contributed by atoms with Crippen molar-refractivity contribution in [3.8, 4) is 0 Å². The Morgan fingerprint density at radius 2 is 1.93 bits per heavy atom. The molecule has 3 heterocycles. The van der Waals surface area contributed by atoms with Gasteiger partial charge in [0, 0.05) is 34.8 Å². The summed E-state index contributed by atoms with van der Waals surface area (Å²) in [5.74, 6) is -1.68. The van der Waals surface area contributed by atoms with Crippen LogP contribution in [0.1, 0.15) is 47.8 Å². The number of urea groups is 1. The minimum atomic E-state index is -4.79. The minimum absolute atomic E-state index is 0.0284. The summed E-state index contributed by atoms with van der Waals surface area (Å²) in [5.41, 5.74) is -4.12. The molecule has 2 aromatic rings. The number of anilines is 3. The van der Waals surface area contributed by atoms with E-state index in [1.165, 1.54) is 12.1 Å². The summed E-state index contributed by atoms with van der Waals surface area (Å²) in [6, 6.07) is 2.88. The van der Waals surface area contributed by atoms with E-state index >= 15 is 0 Å². The van der Waals surface area contributed by atoms with E-state index < -0.39 is 59.9 Å². The molecule has 14 heteroatoms. The van der Waals surface area contributed by atoms with E-state index in [0.717, 1.165) is 43.0 Å². The average molecular weight is 608 g/mol. The van der Waals surface area contributed by atoms with E-state index in [2.05, 4.69) is 21.3 Å². The van der Waals surface area contributed by atoms with Crippen LogP contribution >= 0.6 is 11.6 Å². The second kappa shape index (κ2) is 9.18. The molecule has 220 valence electrons. The van der Waals surface area contributed by atoms with Crippen LogP contribution < -0.4 is 21.3 Å². The molecule has 0 radical (unpaired) electrons. The molecule has 42 heavy (non-hydrogen) atoms. The van der Waals surface area contributed by atoms with Gasteiger partial charge in [-0.15, -0.1) is 0 Å². The third kappa shape index (κ3) is 4.29. The van der Waals surface area contributed by atoms with E-state index in [0.29, 0.717) is 0 Å². The summed E-state index contributed by atoms with van der Waals surface area (Å²) >= 11 is 6.35. The Morgan fingerprint density at radius 3 is 2.64 bits per heavy atom. The smallest absolute Gasteiger partial charge is 0.374 e. The normalized spacial score (nSPS) is 26.3. The number of allylic oxidation sites excluding steroid dienone is 2. The molecule has 0 saturated carbocycles. The molecule has 4 aliphatic rings. The Morgan fingerprint density at radius 1 is 1.19 bits per heavy atom. The van der Waals surface area contributed by atoms with Gasteiger partial charge in [-0.25, -0.2) is 13.6 Å². The van der Waals surface area contributed by atoms with E-state index in [-0.39, 0.29) is 56.6 Å². The van der Waals surface area contributed by atoms with Gasteiger partial charge in [-0.05, 0) is 55.8 Å². The van der Waals surface area contributed by atoms with Crippen LogP contribution in [0.3, 0.4) is 0 Å². The number of alkyl halides is 4. The molecule has 0 fully saturated rings. The van der Waals surface area contributed by atoms with E-state index in [1.807, 2.05) is 0 Å². The zero-order chi connectivity index (χ0) is 30.4. The predicted molar refractivity (Wildman–Crippen MR) is 144 cm³/mol. The molecule has 1 aliphatic carbocycles. The lowest BCUT2D eigenvalue weighted by Crippen LogP contribution is -2.43. The molecule has 8 nitrogen and oxygen atoms in total. The van der Waals surface area contributed by atoms with Gasteiger partial charge in [0.15, 0.2) is 0 Å². The van der Waals surface area contributed by atoms with E-state index in [4.69, 9.17) is 11.6 Å². The van der Waals surface area contributed by atoms with Gasteiger partial charge in [0.1, 0.15) is 16.9 Å². The number of rotatable bonds is 2. The highest BCUT2D eigenvalue weighted by atomic mass is 35.5. The largest absolute Gasteiger partial charge is 0.399 e. The zero-order valence-electron chi connectivity index (χ0n) is 22.1. The molecular formula is C28H23ClF5N5O3. The van der Waals surface area contributed by atoms with E-state index in [1.54, 1.807) is 0 Å². The Labute approximate surface area is 240 Å². The summed E-state index contributed by atoms with van der Waals surface area (Å²) in [6.07, 6.45) is -3.07. The molecular weight excluding hydrogens is 585 g/mol. The van der Waals surface area contributed by atoms with Crippen molar-refractivity contribution in [2.45, 2.75) is 38.2 Å². The maximum Gasteiger partial charge on any atom is 0.399 e. The predicted octanol–water partition coefficient (Wildman–Crippen LogP) is 6.03. The summed E-state index contributed by atoms with van der Waals surface area (Å²) in [4.78, 5) is 39.9. The van der Waals surface area contributed by atoms with Gasteiger partial charge in [0.05, 0.1) is 35.2 Å². The number of fused-ring (bicyclic) bond motifs is 3. The number of nitrogens with one attached hydrogen (secondary N) is 4. The zero-order valence-corrected chi connectivity index (χ0v) is 22.9. The molecule has 0 bridgehead atoms. The van der Waals surface area contributed by atoms with Crippen molar-refractivity contribution >= 4 is 46.5 Å². The van der Waals surface area contributed by atoms with Crippen LogP contribution in [-0.2, 0) is 4.79 Å². The highest BCUT2D eigenvalue weighted by molar-refractivity contribution is 6.31. The summed E-state index contributed by atoms with van der Waals surface area (Å²) < 4.78 is 72.0. The van der Waals surface area contributed by atoms with Crippen LogP contribution in [0.25, 0.3) is 0 Å². The van der Waals surface area contributed by atoms with Crippen LogP contribution in [0.2, 0.25) is 5.02 Å². The monoisotopic (exact) mass is 607 g/mol. The highest BCUT2D eigenvalue weighted by Gasteiger charge is 2.60. The molecule has 0 aromatic heterocycles. The SMILES string of the molecule is CC1(F)C=CC2=C(C1)C(C)(C(F)(F)F)CN2C(=O)Nc1cc2c(c3c1C(c1cc(F)ccc1Cl)NC3=O)NCC(=O)N2. The van der Waals surface area contributed by atoms with E-state index in [9.17, 15) is 36.3 Å². The second-order valence-corrected chi connectivity index (χ2v) is 11.5. The molecule has 4 N–H and O–H groups in total. The van der Waals surface area contributed by atoms with Crippen molar-refractivity contribution in [3.05, 3.63) is 75.2 Å². The van der Waals surface area contributed by atoms with Crippen LogP contribution in [0.4, 0.5) is 43.8 Å². The number of benzene rings is 2. The van der Waals surface area contributed by atoms with Crippen molar-refractivity contribution in [2.75, 3.05) is 29.0 Å². The number of hydrogen-bond acceptors (Lipinski definition) is 4. The quantitative estimate of drug-likeness (QED) is 0.313. The molecule has 6 rings (SSSR count). The van der Waals surface area contributed by atoms with Gasteiger partial charge in [0.25, 0.3) is 5.91 Å². The molecule has 2 aromatic carbocycles. The first-order valence-corrected chi connectivity index (χ1v) is 13.2. The Bertz CT molecular complexity index is 1650. The fourth-order valence-corrected chi connectivity index (χ4v) is 6.15. The molecule has 4 amide bonds. The lowest BCUT2D eigenvalue weighted by atomic mass is 9.76. The second-order valence-electron chi connectivity index (χ2n) is 11.1. The molecule has 3 atom stereocenters. The van der Waals surface area contributed by atoms with Crippen molar-refractivity contribution in [1.82, 2.24) is 10.2 Å². The van der Waals surface area contributed by atoms with Crippen molar-refractivity contribution < 1.29 is 36.3 Å². The highest BCUT2D eigenvalue weighted by Crippen LogP contribution is 2.55. The maximum atomic E-state index is 14.8. The number of hydrogen-bond donors (Lipinski definition) is 4. The van der Waals surface area contributed by atoms with Gasteiger partial charge in [0.2, 0.25) is 5.91 Å². The first kappa shape index (κ1) is 28.0. The molecule has 0 saturated heterocycles. The lowest BCUT2D eigenvalue weighted by Gasteiger charge is -2.33. The summed E-state index contributed by atoms with van der Waals surface area (Å²) in [6.45, 7) is 1.13. The van der Waals surface area contributed by atoms with Gasteiger partial charge < -0.3 is 21.3 Å². The fourth-order valence-electron chi connectivity index (χ4n) is 5.93. The summed E-state index contributed by atoms with van der Waals surface area (Å²) in [5, 5.41) is 10.9. The van der Waals surface area contributed by atoms with Crippen LogP contribution in [-0.4, -0.2) is 47.7 Å². The third-order valence-corrected chi connectivity index (χ3v) is 8.44. The number of nitrogens with zero attached hydrogens (tertiary/aromatic N) is 1. The topological polar surface area (TPSA) is 103 Å². The van der Waals surface area contributed by atoms with Gasteiger partial charge in [-0.1, -0.05) is 11.6 Å². The van der Waals surface area contributed by atoms with Crippen LogP contribution in [0.5, 0.6) is 0 Å². The Kier molecular flexibility index (Phi) is 6.13. The van der Waals surface area contributed by atoms with Crippen molar-refractivity contribution in [2.24, 2.45) is 5.41 Å². The Balaban J connectivity index is 1.46. The first-order chi connectivity index (χ1) is 19.6. The first-order valence-electron chi connectivity index (χ1n) is 12.9. The van der Waals surface area contributed by atoms with Crippen LogP contribution in [0, 0.1) is 11.2 Å². The standard InChI is InChI=1S/C28H23ClF5N5O3/c1-26(31)6-5-18-14(9-26)27(2,28(32,33)34)11-39(18)25(42)37-16-8-17-23(35-10-19(40)36-17)21-20(16)22(38-24(21)41)13-7-12(30)3-4-15(13)29/h3-8,22,35H,9-11H2,1-2H3,(H,36,40)(H,37,42)(H,38,41). The van der Waals surface area contributed by atoms with Crippen molar-refractivity contribution in [3.63, 3.8) is 0 Å². The van der Waals surface area contributed by atoms with Gasteiger partial charge >= 0.3 is 12.2 Å². The number of carbonyl (C=O) groups is 3.